The number of rotatable bonds is 7. The molecule has 0 saturated carbocycles. The molecule has 0 spiro atoms. The van der Waals surface area contributed by atoms with Crippen molar-refractivity contribution in [3.63, 3.8) is 0 Å². The second-order valence-electron chi connectivity index (χ2n) is 7.87. The normalized spacial score (nSPS) is 12.4. The van der Waals surface area contributed by atoms with Crippen LogP contribution in [0.4, 0.5) is 13.2 Å². The molecule has 0 aliphatic rings. The summed E-state index contributed by atoms with van der Waals surface area (Å²) in [7, 11) is 0. The molecule has 2 rings (SSSR count). The number of halogens is 3. The van der Waals surface area contributed by atoms with Gasteiger partial charge in [0, 0.05) is 28.8 Å². The first-order valence-electron chi connectivity index (χ1n) is 9.73. The lowest BCUT2D eigenvalue weighted by Crippen LogP contribution is -2.60. The predicted octanol–water partition coefficient (Wildman–Crippen LogP) is 2.06. The van der Waals surface area contributed by atoms with Crippen LogP contribution in [-0.4, -0.2) is 36.1 Å². The molecule has 0 fully saturated rings. The molecule has 2 aromatic rings. The van der Waals surface area contributed by atoms with Gasteiger partial charge >= 0.3 is 6.18 Å². The zero-order chi connectivity index (χ0) is 23.9. The van der Waals surface area contributed by atoms with Gasteiger partial charge in [-0.25, -0.2) is 0 Å². The van der Waals surface area contributed by atoms with Crippen LogP contribution in [0.5, 0.6) is 0 Å². The van der Waals surface area contributed by atoms with Gasteiger partial charge in [-0.15, -0.1) is 0 Å². The van der Waals surface area contributed by atoms with Crippen molar-refractivity contribution in [3.05, 3.63) is 70.8 Å². The van der Waals surface area contributed by atoms with Crippen LogP contribution in [0, 0.1) is 11.8 Å². The molecule has 2 aromatic carbocycles. The van der Waals surface area contributed by atoms with Crippen LogP contribution in [0.15, 0.2) is 48.5 Å². The van der Waals surface area contributed by atoms with E-state index in [2.05, 4.69) is 22.5 Å². The molecule has 170 valence electrons. The Balaban J connectivity index is 1.98. The minimum absolute atomic E-state index is 0.106. The van der Waals surface area contributed by atoms with Crippen molar-refractivity contribution in [2.24, 2.45) is 11.5 Å². The summed E-state index contributed by atoms with van der Waals surface area (Å²) in [4.78, 5) is 23.9. The Bertz CT molecular complexity index is 999. The number of carbonyl (C=O) groups excluding carboxylic acids is 2. The lowest BCUT2D eigenvalue weighted by molar-refractivity contribution is -0.125. The Morgan fingerprint density at radius 2 is 1.47 bits per heavy atom. The Morgan fingerprint density at radius 3 is 1.91 bits per heavy atom. The van der Waals surface area contributed by atoms with E-state index in [9.17, 15) is 22.8 Å². The maximum absolute atomic E-state index is 12.4. The van der Waals surface area contributed by atoms with Gasteiger partial charge in [0.1, 0.15) is 6.04 Å². The van der Waals surface area contributed by atoms with Crippen molar-refractivity contribution in [1.82, 2.24) is 10.6 Å². The third-order valence-corrected chi connectivity index (χ3v) is 4.41. The highest BCUT2D eigenvalue weighted by Crippen LogP contribution is 2.13. The van der Waals surface area contributed by atoms with Gasteiger partial charge in [0.15, 0.2) is 0 Å². The van der Waals surface area contributed by atoms with Crippen molar-refractivity contribution in [1.29, 1.82) is 0 Å². The summed E-state index contributed by atoms with van der Waals surface area (Å²) >= 11 is 0. The first-order chi connectivity index (χ1) is 14.8. The van der Waals surface area contributed by atoms with Crippen molar-refractivity contribution in [3.8, 4) is 11.8 Å². The number of nitrogens with two attached hydrogens (primary N) is 2. The SMILES string of the molecule is CC(C)(N)C(NC(=O)c1ccc(C#Cc2ccc(CNCC(F)(F)F)cc2)cc1)C(N)=O. The van der Waals surface area contributed by atoms with Gasteiger partial charge in [0.25, 0.3) is 5.91 Å². The van der Waals surface area contributed by atoms with E-state index < -0.39 is 36.1 Å². The predicted molar refractivity (Wildman–Crippen MR) is 115 cm³/mol. The highest BCUT2D eigenvalue weighted by Gasteiger charge is 2.31. The highest BCUT2D eigenvalue weighted by atomic mass is 19.4. The maximum atomic E-state index is 12.4. The molecule has 9 heteroatoms. The first kappa shape index (κ1) is 24.9. The fourth-order valence-electron chi connectivity index (χ4n) is 2.74. The van der Waals surface area contributed by atoms with Crippen LogP contribution < -0.4 is 22.1 Å². The number of hydrogen-bond acceptors (Lipinski definition) is 4. The number of alkyl halides is 3. The molecule has 0 heterocycles. The molecule has 0 aromatic heterocycles. The van der Waals surface area contributed by atoms with Gasteiger partial charge in [-0.2, -0.15) is 13.2 Å². The second kappa shape index (κ2) is 10.3. The summed E-state index contributed by atoms with van der Waals surface area (Å²) in [6.07, 6.45) is -4.24. The average Bonchev–Trinajstić information content (AvgIpc) is 2.69. The average molecular weight is 446 g/mol. The van der Waals surface area contributed by atoms with E-state index in [4.69, 9.17) is 11.5 Å². The standard InChI is InChI=1S/C23H25F3N4O2/c1-22(2,28)19(20(27)31)30-21(32)18-11-9-16(10-12-18)4-3-15-5-7-17(8-6-15)13-29-14-23(24,25)26/h5-12,19,29H,13-14,28H2,1-2H3,(H2,27,31)(H,30,32). The molecule has 32 heavy (non-hydrogen) atoms. The lowest BCUT2D eigenvalue weighted by atomic mass is 9.95. The van der Waals surface area contributed by atoms with E-state index in [1.165, 1.54) is 0 Å². The van der Waals surface area contributed by atoms with E-state index in [1.54, 1.807) is 62.4 Å². The lowest BCUT2D eigenvalue weighted by Gasteiger charge is -2.28. The maximum Gasteiger partial charge on any atom is 0.401 e. The smallest absolute Gasteiger partial charge is 0.368 e. The van der Waals surface area contributed by atoms with E-state index in [-0.39, 0.29) is 6.54 Å². The number of carbonyl (C=O) groups is 2. The van der Waals surface area contributed by atoms with E-state index in [1.807, 2.05) is 0 Å². The molecule has 0 bridgehead atoms. The number of nitrogens with one attached hydrogen (secondary N) is 2. The van der Waals surface area contributed by atoms with Gasteiger partial charge < -0.3 is 22.1 Å². The van der Waals surface area contributed by atoms with Gasteiger partial charge in [0.2, 0.25) is 5.91 Å². The fraction of sp³-hybridized carbons (Fsp3) is 0.304. The number of benzene rings is 2. The Labute approximate surface area is 184 Å². The molecule has 6 nitrogen and oxygen atoms in total. The molecule has 1 unspecified atom stereocenters. The third kappa shape index (κ3) is 8.06. The Kier molecular flexibility index (Phi) is 8.02. The van der Waals surface area contributed by atoms with Gasteiger partial charge in [-0.1, -0.05) is 24.0 Å². The van der Waals surface area contributed by atoms with Crippen molar-refractivity contribution in [2.75, 3.05) is 6.54 Å². The number of amides is 2. The topological polar surface area (TPSA) is 110 Å². The first-order valence-corrected chi connectivity index (χ1v) is 9.73. The van der Waals surface area contributed by atoms with Crippen LogP contribution in [0.1, 0.15) is 40.9 Å². The zero-order valence-electron chi connectivity index (χ0n) is 17.7. The van der Waals surface area contributed by atoms with E-state index in [0.717, 1.165) is 0 Å². The van der Waals surface area contributed by atoms with Crippen molar-refractivity contribution < 1.29 is 22.8 Å². The molecule has 0 aliphatic carbocycles. The molecule has 1 atom stereocenters. The van der Waals surface area contributed by atoms with Crippen molar-refractivity contribution in [2.45, 2.75) is 38.1 Å². The summed E-state index contributed by atoms with van der Waals surface area (Å²) < 4.78 is 36.5. The van der Waals surface area contributed by atoms with Gasteiger partial charge in [-0.3, -0.25) is 9.59 Å². The highest BCUT2D eigenvalue weighted by molar-refractivity contribution is 5.97. The second-order valence-corrected chi connectivity index (χ2v) is 7.87. The van der Waals surface area contributed by atoms with Crippen LogP contribution in [0.2, 0.25) is 0 Å². The molecule has 6 N–H and O–H groups in total. The summed E-state index contributed by atoms with van der Waals surface area (Å²) in [5.41, 5.74) is 12.6. The van der Waals surface area contributed by atoms with Crippen molar-refractivity contribution >= 4 is 11.8 Å². The van der Waals surface area contributed by atoms with Crippen LogP contribution in [0.25, 0.3) is 0 Å². The summed E-state index contributed by atoms with van der Waals surface area (Å²) in [6, 6.07) is 12.3. The molecular formula is C23H25F3N4O2. The van der Waals surface area contributed by atoms with E-state index >= 15 is 0 Å². The quantitative estimate of drug-likeness (QED) is 0.488. The minimum atomic E-state index is -4.24. The van der Waals surface area contributed by atoms with Gasteiger partial charge in [0.05, 0.1) is 6.54 Å². The number of primary amides is 1. The fourth-order valence-corrected chi connectivity index (χ4v) is 2.74. The Hall–Kier alpha value is -3.35. The molecule has 0 aliphatic heterocycles. The van der Waals surface area contributed by atoms with Crippen LogP contribution in [-0.2, 0) is 11.3 Å². The Morgan fingerprint density at radius 1 is 0.969 bits per heavy atom. The molecule has 0 saturated heterocycles. The largest absolute Gasteiger partial charge is 0.401 e. The summed E-state index contributed by atoms with van der Waals surface area (Å²) in [5, 5.41) is 4.87. The van der Waals surface area contributed by atoms with E-state index in [0.29, 0.717) is 22.3 Å². The summed E-state index contributed by atoms with van der Waals surface area (Å²) in [5.74, 6) is 4.70. The zero-order valence-corrected chi connectivity index (χ0v) is 17.7. The molecular weight excluding hydrogens is 421 g/mol. The van der Waals surface area contributed by atoms with Crippen LogP contribution >= 0.6 is 0 Å². The molecule has 0 radical (unpaired) electrons. The van der Waals surface area contributed by atoms with Crippen LogP contribution in [0.3, 0.4) is 0 Å². The minimum Gasteiger partial charge on any atom is -0.368 e. The number of hydrogen-bond donors (Lipinski definition) is 4. The molecule has 2 amide bonds. The van der Waals surface area contributed by atoms with Gasteiger partial charge in [-0.05, 0) is 55.8 Å². The summed E-state index contributed by atoms with van der Waals surface area (Å²) in [6.45, 7) is 2.24. The third-order valence-electron chi connectivity index (χ3n) is 4.41. The monoisotopic (exact) mass is 446 g/mol.